The van der Waals surface area contributed by atoms with Crippen molar-refractivity contribution in [3.63, 3.8) is 0 Å². The fraction of sp³-hybridized carbons (Fsp3) is 0.720. The van der Waals surface area contributed by atoms with Crippen LogP contribution in [-0.4, -0.2) is 55.0 Å². The van der Waals surface area contributed by atoms with Gasteiger partial charge >= 0.3 is 0 Å². The van der Waals surface area contributed by atoms with Crippen LogP contribution in [-0.2, 0) is 13.6 Å². The maximum atomic E-state index is 6.90. The van der Waals surface area contributed by atoms with Gasteiger partial charge in [0.15, 0.2) is 22.3 Å². The number of nitrogens with zero attached hydrogens (tertiary/aromatic N) is 4. The molecule has 3 atom stereocenters. The zero-order valence-electron chi connectivity index (χ0n) is 23.5. The minimum Gasteiger partial charge on any atom is -0.414 e. The molecule has 2 N–H and O–H groups in total. The second-order valence-electron chi connectivity index (χ2n) is 12.6. The Kier molecular flexibility index (Phi) is 7.75. The predicted molar refractivity (Wildman–Crippen MR) is 148 cm³/mol. The number of hydrogen-bond donors (Lipinski definition) is 1. The van der Waals surface area contributed by atoms with Crippen molar-refractivity contribution in [1.29, 1.82) is 0 Å². The Labute approximate surface area is 212 Å². The molecule has 10 heteroatoms. The predicted octanol–water partition coefficient (Wildman–Crippen LogP) is 6.14. The van der Waals surface area contributed by atoms with Gasteiger partial charge in [-0.3, -0.25) is 4.57 Å². The monoisotopic (exact) mass is 519 g/mol. The van der Waals surface area contributed by atoms with Crippen LogP contribution in [0.1, 0.15) is 66.8 Å². The topological polar surface area (TPSA) is 97.3 Å². The summed E-state index contributed by atoms with van der Waals surface area (Å²) in [5.41, 5.74) is 8.12. The Hall–Kier alpha value is -1.60. The molecule has 1 fully saturated rings. The quantitative estimate of drug-likeness (QED) is 0.439. The van der Waals surface area contributed by atoms with Crippen molar-refractivity contribution in [2.75, 3.05) is 12.3 Å². The molecule has 0 unspecified atom stereocenters. The van der Waals surface area contributed by atoms with E-state index in [9.17, 15) is 0 Å². The number of allylic oxidation sites excluding steroid dienone is 1. The molecule has 0 spiro atoms. The molecular weight excluding hydrogens is 474 g/mol. The van der Waals surface area contributed by atoms with E-state index >= 15 is 0 Å². The van der Waals surface area contributed by atoms with Crippen LogP contribution < -0.4 is 5.73 Å². The van der Waals surface area contributed by atoms with Crippen molar-refractivity contribution in [2.45, 2.75) is 110 Å². The van der Waals surface area contributed by atoms with Crippen molar-refractivity contribution in [3.05, 3.63) is 18.1 Å². The molecule has 8 nitrogen and oxygen atoms in total. The highest BCUT2D eigenvalue weighted by Crippen LogP contribution is 2.43. The molecule has 0 aromatic carbocycles. The van der Waals surface area contributed by atoms with Crippen LogP contribution in [0.4, 0.5) is 5.95 Å². The Morgan fingerprint density at radius 1 is 1.09 bits per heavy atom. The molecule has 35 heavy (non-hydrogen) atoms. The van der Waals surface area contributed by atoms with E-state index in [4.69, 9.17) is 19.3 Å². The summed E-state index contributed by atoms with van der Waals surface area (Å²) in [5, 5.41) is 0.222. The van der Waals surface area contributed by atoms with Gasteiger partial charge in [0.1, 0.15) is 17.8 Å². The molecular formula is C25H45N5O3Si2. The highest BCUT2D eigenvalue weighted by atomic mass is 28.4. The first-order valence-electron chi connectivity index (χ1n) is 12.6. The molecule has 2 aromatic rings. The number of rotatable bonds is 7. The molecule has 1 saturated heterocycles. The van der Waals surface area contributed by atoms with E-state index in [0.717, 1.165) is 0 Å². The van der Waals surface area contributed by atoms with Crippen LogP contribution >= 0.6 is 0 Å². The van der Waals surface area contributed by atoms with E-state index in [0.29, 0.717) is 29.9 Å². The van der Waals surface area contributed by atoms with Crippen LogP contribution in [0, 0.1) is 0 Å². The zero-order valence-corrected chi connectivity index (χ0v) is 25.5. The molecule has 0 saturated carbocycles. The Balaban J connectivity index is 1.93. The van der Waals surface area contributed by atoms with Crippen LogP contribution in [0.15, 0.2) is 12.4 Å². The maximum Gasteiger partial charge on any atom is 0.222 e. The molecule has 0 aliphatic carbocycles. The average molecular weight is 520 g/mol. The molecule has 0 amide bonds. The first-order valence-corrected chi connectivity index (χ1v) is 18.4. The van der Waals surface area contributed by atoms with Gasteiger partial charge in [-0.25, -0.2) is 9.97 Å². The van der Waals surface area contributed by atoms with Crippen molar-refractivity contribution in [1.82, 2.24) is 19.5 Å². The van der Waals surface area contributed by atoms with Crippen LogP contribution in [0.2, 0.25) is 36.3 Å². The summed E-state index contributed by atoms with van der Waals surface area (Å²) in [6, 6.07) is 0. The van der Waals surface area contributed by atoms with Crippen LogP contribution in [0.5, 0.6) is 0 Å². The minimum atomic E-state index is -2.02. The highest BCUT2D eigenvalue weighted by Gasteiger charge is 2.46. The van der Waals surface area contributed by atoms with E-state index in [-0.39, 0.29) is 34.5 Å². The number of anilines is 1. The third kappa shape index (κ3) is 5.88. The van der Waals surface area contributed by atoms with Crippen LogP contribution in [0.3, 0.4) is 0 Å². The summed E-state index contributed by atoms with van der Waals surface area (Å²) in [5.74, 6) is 0.220. The van der Waals surface area contributed by atoms with Crippen molar-refractivity contribution < 1.29 is 13.6 Å². The highest BCUT2D eigenvalue weighted by molar-refractivity contribution is 6.74. The number of fused-ring (bicyclic) bond motifs is 1. The SMILES string of the molecule is CC=Cc1nc(N)nc2c1ncn2[C@H]1C[C@H](O[Si](C)(C)C(C)(C)C)[C@@H](CO[Si](C)(C)C(C)(C)C)O1. The number of aromatic nitrogens is 4. The molecule has 1 aliphatic rings. The number of nitrogens with two attached hydrogens (primary N) is 1. The summed E-state index contributed by atoms with van der Waals surface area (Å²) in [6.45, 7) is 25.1. The summed E-state index contributed by atoms with van der Waals surface area (Å²) in [6.07, 6.45) is 5.78. The van der Waals surface area contributed by atoms with Gasteiger partial charge in [-0.15, -0.1) is 0 Å². The van der Waals surface area contributed by atoms with E-state index in [1.54, 1.807) is 6.33 Å². The Morgan fingerprint density at radius 2 is 1.71 bits per heavy atom. The third-order valence-electron chi connectivity index (χ3n) is 7.95. The van der Waals surface area contributed by atoms with Crippen molar-refractivity contribution >= 4 is 39.8 Å². The normalized spacial score (nSPS) is 22.5. The molecule has 2 aromatic heterocycles. The zero-order chi connectivity index (χ0) is 26.4. The minimum absolute atomic E-state index is 0.0719. The lowest BCUT2D eigenvalue weighted by atomic mass is 10.2. The summed E-state index contributed by atoms with van der Waals surface area (Å²) < 4.78 is 22.1. The molecule has 3 rings (SSSR count). The molecule has 3 heterocycles. The van der Waals surface area contributed by atoms with E-state index in [2.05, 4.69) is 82.7 Å². The average Bonchev–Trinajstić information content (AvgIpc) is 3.28. The van der Waals surface area contributed by atoms with Crippen molar-refractivity contribution in [2.24, 2.45) is 0 Å². The van der Waals surface area contributed by atoms with E-state index in [1.807, 2.05) is 23.6 Å². The molecule has 1 aliphatic heterocycles. The van der Waals surface area contributed by atoms with Gasteiger partial charge in [-0.1, -0.05) is 47.6 Å². The van der Waals surface area contributed by atoms with E-state index < -0.39 is 16.6 Å². The number of ether oxygens (including phenoxy) is 1. The number of imidazole rings is 1. The standard InChI is InChI=1S/C25H45N5O3Si2/c1-12-13-17-21-22(29-23(26)28-17)30(16-27-21)20-14-18(33-35(10,11)25(5,6)7)19(32-20)15-31-34(8,9)24(2,3)4/h12-13,16,18-20H,14-15H2,1-11H3,(H2,26,28,29)/t18-,19+,20+/m0/s1. The van der Waals surface area contributed by atoms with Gasteiger partial charge in [0.2, 0.25) is 5.95 Å². The summed E-state index contributed by atoms with van der Waals surface area (Å²) in [4.78, 5) is 13.4. The van der Waals surface area contributed by atoms with E-state index in [1.165, 1.54) is 0 Å². The fourth-order valence-electron chi connectivity index (χ4n) is 3.65. The molecule has 196 valence electrons. The Bertz CT molecular complexity index is 1070. The second-order valence-corrected chi connectivity index (χ2v) is 22.2. The smallest absolute Gasteiger partial charge is 0.222 e. The lowest BCUT2D eigenvalue weighted by Crippen LogP contribution is -2.48. The van der Waals surface area contributed by atoms with Gasteiger partial charge in [-0.05, 0) is 49.3 Å². The van der Waals surface area contributed by atoms with Crippen LogP contribution in [0.25, 0.3) is 17.2 Å². The van der Waals surface area contributed by atoms with Gasteiger partial charge in [0.25, 0.3) is 0 Å². The van der Waals surface area contributed by atoms with Gasteiger partial charge in [0.05, 0.1) is 24.7 Å². The molecule has 0 bridgehead atoms. The first-order chi connectivity index (χ1) is 16.0. The summed E-state index contributed by atoms with van der Waals surface area (Å²) >= 11 is 0. The molecule has 0 radical (unpaired) electrons. The first kappa shape index (κ1) is 28.0. The lowest BCUT2D eigenvalue weighted by molar-refractivity contribution is -0.0383. The third-order valence-corrected chi connectivity index (χ3v) is 17.0. The summed E-state index contributed by atoms with van der Waals surface area (Å²) in [7, 11) is -3.97. The maximum absolute atomic E-state index is 6.90. The van der Waals surface area contributed by atoms with Crippen molar-refractivity contribution in [3.8, 4) is 0 Å². The fourth-order valence-corrected chi connectivity index (χ4v) is 6.02. The largest absolute Gasteiger partial charge is 0.414 e. The second kappa shape index (κ2) is 9.70. The Morgan fingerprint density at radius 3 is 2.29 bits per heavy atom. The van der Waals surface area contributed by atoms with Gasteiger partial charge < -0.3 is 19.3 Å². The van der Waals surface area contributed by atoms with Gasteiger partial charge in [0, 0.05) is 6.42 Å². The number of nitrogen functional groups attached to an aromatic ring is 1. The lowest BCUT2D eigenvalue weighted by Gasteiger charge is -2.40. The van der Waals surface area contributed by atoms with Gasteiger partial charge in [-0.2, -0.15) is 4.98 Å². The number of hydrogen-bond acceptors (Lipinski definition) is 7.